The third-order valence-corrected chi connectivity index (χ3v) is 3.43. The Balaban J connectivity index is 2.45. The Morgan fingerprint density at radius 3 is 2.50 bits per heavy atom. The van der Waals surface area contributed by atoms with Crippen molar-refractivity contribution in [2.24, 2.45) is 0 Å². The zero-order valence-corrected chi connectivity index (χ0v) is 11.1. The number of amides is 1. The van der Waals surface area contributed by atoms with Crippen LogP contribution in [0.3, 0.4) is 0 Å². The van der Waals surface area contributed by atoms with Crippen molar-refractivity contribution in [1.29, 1.82) is 0 Å². The molecule has 1 aliphatic rings. The Kier molecular flexibility index (Phi) is 5.89. The van der Waals surface area contributed by atoms with Crippen LogP contribution in [0, 0.1) is 0 Å². The maximum absolute atomic E-state index is 11.4. The number of carbonyl (C=O) groups is 1. The third kappa shape index (κ3) is 3.51. The number of rotatable bonds is 7. The molecule has 0 bridgehead atoms. The van der Waals surface area contributed by atoms with Gasteiger partial charge in [-0.25, -0.2) is 0 Å². The van der Waals surface area contributed by atoms with Gasteiger partial charge in [0.2, 0.25) is 0 Å². The Bertz CT molecular complexity index is 273. The second-order valence-corrected chi connectivity index (χ2v) is 4.90. The van der Waals surface area contributed by atoms with Gasteiger partial charge in [-0.2, -0.15) is 0 Å². The van der Waals surface area contributed by atoms with Gasteiger partial charge in [-0.15, -0.1) is 0 Å². The summed E-state index contributed by atoms with van der Waals surface area (Å²) < 4.78 is 0. The standard InChI is InChI=1S/C13H22ClNO/c1-3-5-7-9-11-12(13(16)15-11)10(14)8-6-4-2/h11H,3-9H2,1-2H3,(H,15,16)/b12-10+. The van der Waals surface area contributed by atoms with E-state index >= 15 is 0 Å². The topological polar surface area (TPSA) is 29.1 Å². The largest absolute Gasteiger partial charge is 0.345 e. The summed E-state index contributed by atoms with van der Waals surface area (Å²) in [5, 5.41) is 3.71. The number of β-lactam (4-membered cyclic amide) rings is 1. The van der Waals surface area contributed by atoms with Crippen LogP contribution in [0.25, 0.3) is 0 Å². The Hall–Kier alpha value is -0.500. The first kappa shape index (κ1) is 13.6. The lowest BCUT2D eigenvalue weighted by molar-refractivity contribution is -0.122. The van der Waals surface area contributed by atoms with Gasteiger partial charge < -0.3 is 5.32 Å². The fourth-order valence-corrected chi connectivity index (χ4v) is 2.33. The molecule has 0 spiro atoms. The van der Waals surface area contributed by atoms with Crippen LogP contribution < -0.4 is 5.32 Å². The number of hydrogen-bond acceptors (Lipinski definition) is 1. The molecule has 1 N–H and O–H groups in total. The van der Waals surface area contributed by atoms with Gasteiger partial charge in [0.15, 0.2) is 0 Å². The molecule has 16 heavy (non-hydrogen) atoms. The van der Waals surface area contributed by atoms with E-state index in [1.165, 1.54) is 19.3 Å². The van der Waals surface area contributed by atoms with Crippen LogP contribution in [-0.2, 0) is 4.79 Å². The van der Waals surface area contributed by atoms with E-state index in [9.17, 15) is 4.79 Å². The highest BCUT2D eigenvalue weighted by molar-refractivity contribution is 6.32. The van der Waals surface area contributed by atoms with Gasteiger partial charge in [-0.3, -0.25) is 4.79 Å². The Morgan fingerprint density at radius 2 is 1.94 bits per heavy atom. The maximum Gasteiger partial charge on any atom is 0.250 e. The van der Waals surface area contributed by atoms with Gasteiger partial charge in [0.05, 0.1) is 11.6 Å². The van der Waals surface area contributed by atoms with Crippen molar-refractivity contribution in [2.75, 3.05) is 0 Å². The van der Waals surface area contributed by atoms with Crippen molar-refractivity contribution >= 4 is 17.5 Å². The molecule has 2 nitrogen and oxygen atoms in total. The Morgan fingerprint density at radius 1 is 1.25 bits per heavy atom. The number of nitrogens with one attached hydrogen (secondary N) is 1. The fourth-order valence-electron chi connectivity index (χ4n) is 1.98. The van der Waals surface area contributed by atoms with E-state index in [1.807, 2.05) is 0 Å². The van der Waals surface area contributed by atoms with Gasteiger partial charge in [-0.05, 0) is 19.3 Å². The molecule has 0 radical (unpaired) electrons. The molecule has 0 aromatic heterocycles. The zero-order chi connectivity index (χ0) is 12.0. The lowest BCUT2D eigenvalue weighted by Crippen LogP contribution is -2.51. The van der Waals surface area contributed by atoms with Crippen LogP contribution in [0.2, 0.25) is 0 Å². The monoisotopic (exact) mass is 243 g/mol. The number of allylic oxidation sites excluding steroid dienone is 1. The van der Waals surface area contributed by atoms with E-state index in [-0.39, 0.29) is 11.9 Å². The number of hydrogen-bond donors (Lipinski definition) is 1. The van der Waals surface area contributed by atoms with E-state index < -0.39 is 0 Å². The summed E-state index contributed by atoms with van der Waals surface area (Å²) in [7, 11) is 0. The first-order valence-electron chi connectivity index (χ1n) is 6.40. The highest BCUT2D eigenvalue weighted by atomic mass is 35.5. The lowest BCUT2D eigenvalue weighted by atomic mass is 9.91. The molecule has 1 amide bonds. The number of carbonyl (C=O) groups excluding carboxylic acids is 1. The molecule has 1 atom stereocenters. The van der Waals surface area contributed by atoms with Crippen LogP contribution in [0.5, 0.6) is 0 Å². The summed E-state index contributed by atoms with van der Waals surface area (Å²) in [6.45, 7) is 4.32. The van der Waals surface area contributed by atoms with Crippen molar-refractivity contribution in [3.8, 4) is 0 Å². The van der Waals surface area contributed by atoms with Crippen LogP contribution in [-0.4, -0.2) is 11.9 Å². The highest BCUT2D eigenvalue weighted by Crippen LogP contribution is 2.28. The molecular formula is C13H22ClNO. The summed E-state index contributed by atoms with van der Waals surface area (Å²) >= 11 is 6.18. The molecule has 1 heterocycles. The first-order chi connectivity index (χ1) is 7.70. The normalized spacial score (nSPS) is 22.7. The fraction of sp³-hybridized carbons (Fsp3) is 0.769. The molecule has 1 rings (SSSR count). The van der Waals surface area contributed by atoms with Crippen molar-refractivity contribution < 1.29 is 4.79 Å². The zero-order valence-electron chi connectivity index (χ0n) is 10.3. The molecule has 1 aliphatic heterocycles. The highest BCUT2D eigenvalue weighted by Gasteiger charge is 2.34. The van der Waals surface area contributed by atoms with E-state index in [0.29, 0.717) is 0 Å². The minimum atomic E-state index is 0.0441. The van der Waals surface area contributed by atoms with Gasteiger partial charge >= 0.3 is 0 Å². The smallest absolute Gasteiger partial charge is 0.250 e. The molecular weight excluding hydrogens is 222 g/mol. The third-order valence-electron chi connectivity index (χ3n) is 3.04. The van der Waals surface area contributed by atoms with Crippen LogP contribution in [0.15, 0.2) is 10.6 Å². The van der Waals surface area contributed by atoms with Crippen molar-refractivity contribution in [3.05, 3.63) is 10.6 Å². The van der Waals surface area contributed by atoms with E-state index in [1.54, 1.807) is 0 Å². The maximum atomic E-state index is 11.4. The quantitative estimate of drug-likeness (QED) is 0.412. The predicted molar refractivity (Wildman–Crippen MR) is 68.5 cm³/mol. The minimum Gasteiger partial charge on any atom is -0.345 e. The molecule has 92 valence electrons. The number of halogens is 1. The summed E-state index contributed by atoms with van der Waals surface area (Å²) in [6.07, 6.45) is 7.68. The SMILES string of the molecule is CCCCCC1NC(=O)/C1=C(/Cl)CCCC. The van der Waals surface area contributed by atoms with E-state index in [4.69, 9.17) is 11.6 Å². The molecule has 0 aromatic carbocycles. The second-order valence-electron chi connectivity index (χ2n) is 4.44. The van der Waals surface area contributed by atoms with E-state index in [0.717, 1.165) is 36.3 Å². The summed E-state index contributed by atoms with van der Waals surface area (Å²) in [5.41, 5.74) is 0.853. The average Bonchev–Trinajstić information content (AvgIpc) is 2.25. The number of unbranched alkanes of at least 4 members (excludes halogenated alkanes) is 3. The van der Waals surface area contributed by atoms with Gasteiger partial charge in [0.25, 0.3) is 5.91 Å². The van der Waals surface area contributed by atoms with E-state index in [2.05, 4.69) is 19.2 Å². The Labute approximate surface area is 103 Å². The van der Waals surface area contributed by atoms with Crippen LogP contribution >= 0.6 is 11.6 Å². The molecule has 3 heteroatoms. The summed E-state index contributed by atoms with van der Waals surface area (Å²) in [4.78, 5) is 11.4. The van der Waals surface area contributed by atoms with Gasteiger partial charge in [0.1, 0.15) is 0 Å². The molecule has 0 aromatic rings. The van der Waals surface area contributed by atoms with Gasteiger partial charge in [-0.1, -0.05) is 51.1 Å². The lowest BCUT2D eigenvalue weighted by Gasteiger charge is -2.31. The van der Waals surface area contributed by atoms with Crippen LogP contribution in [0.4, 0.5) is 0 Å². The summed E-state index contributed by atoms with van der Waals surface area (Å²) in [5.74, 6) is 0.0441. The summed E-state index contributed by atoms with van der Waals surface area (Å²) in [6, 6.07) is 0.225. The second kappa shape index (κ2) is 6.95. The molecule has 0 saturated carbocycles. The predicted octanol–water partition coefficient (Wildman–Crippen LogP) is 3.75. The first-order valence-corrected chi connectivity index (χ1v) is 6.77. The molecule has 0 aliphatic carbocycles. The van der Waals surface area contributed by atoms with Crippen LogP contribution in [0.1, 0.15) is 58.8 Å². The molecule has 1 unspecified atom stereocenters. The van der Waals surface area contributed by atoms with Crippen molar-refractivity contribution in [3.63, 3.8) is 0 Å². The van der Waals surface area contributed by atoms with Gasteiger partial charge in [0, 0.05) is 5.03 Å². The minimum absolute atomic E-state index is 0.0441. The van der Waals surface area contributed by atoms with Crippen molar-refractivity contribution in [2.45, 2.75) is 64.8 Å². The molecule has 1 fully saturated rings. The average molecular weight is 244 g/mol. The molecule has 1 saturated heterocycles. The van der Waals surface area contributed by atoms with Crippen molar-refractivity contribution in [1.82, 2.24) is 5.32 Å².